The Hall–Kier alpha value is -0.960. The number of fused-ring (bicyclic) bond motifs is 4. The van der Waals surface area contributed by atoms with Crippen LogP contribution in [0.4, 0.5) is 0 Å². The van der Waals surface area contributed by atoms with Gasteiger partial charge in [-0.15, -0.1) is 0 Å². The molecule has 1 saturated heterocycles. The first-order valence-corrected chi connectivity index (χ1v) is 7.46. The fourth-order valence-electron chi connectivity index (χ4n) is 4.30. The summed E-state index contributed by atoms with van der Waals surface area (Å²) in [4.78, 5) is 11.5. The minimum atomic E-state index is 0.626. The number of rotatable bonds is 2. The molecular weight excluding hydrogens is 222 g/mol. The van der Waals surface area contributed by atoms with Gasteiger partial charge in [-0.2, -0.15) is 0 Å². The van der Waals surface area contributed by atoms with Gasteiger partial charge in [0.25, 0.3) is 0 Å². The standard InChI is InChI=1S/C15H21N3/c1-2-4-11(3-1)9-18-12-5-6-15(18)13-8-16-10-17-14(13)7-12/h8,10-12,15H,1-7,9H2. The number of hydrogen-bond donors (Lipinski definition) is 0. The maximum atomic E-state index is 4.49. The molecule has 4 rings (SSSR count). The highest BCUT2D eigenvalue weighted by molar-refractivity contribution is 5.27. The molecule has 0 radical (unpaired) electrons. The molecule has 0 aromatic carbocycles. The van der Waals surface area contributed by atoms with Crippen LogP contribution in [0.15, 0.2) is 12.5 Å². The van der Waals surface area contributed by atoms with Gasteiger partial charge >= 0.3 is 0 Å². The first-order chi connectivity index (χ1) is 8.92. The molecule has 2 bridgehead atoms. The molecule has 1 saturated carbocycles. The maximum absolute atomic E-state index is 4.49. The smallest absolute Gasteiger partial charge is 0.115 e. The zero-order chi connectivity index (χ0) is 11.9. The van der Waals surface area contributed by atoms with E-state index in [2.05, 4.69) is 21.1 Å². The van der Waals surface area contributed by atoms with Crippen molar-refractivity contribution in [3.05, 3.63) is 23.8 Å². The Bertz CT molecular complexity index is 439. The molecule has 2 atom stereocenters. The van der Waals surface area contributed by atoms with Gasteiger partial charge in [0, 0.05) is 36.8 Å². The lowest BCUT2D eigenvalue weighted by Gasteiger charge is -2.37. The number of aromatic nitrogens is 2. The summed E-state index contributed by atoms with van der Waals surface area (Å²) >= 11 is 0. The summed E-state index contributed by atoms with van der Waals surface area (Å²) in [5, 5.41) is 0. The van der Waals surface area contributed by atoms with E-state index in [9.17, 15) is 0 Å². The Morgan fingerprint density at radius 1 is 1.17 bits per heavy atom. The lowest BCUT2D eigenvalue weighted by Crippen LogP contribution is -2.40. The van der Waals surface area contributed by atoms with E-state index in [0.29, 0.717) is 6.04 Å². The molecule has 3 aliphatic rings. The van der Waals surface area contributed by atoms with Gasteiger partial charge in [0.2, 0.25) is 0 Å². The zero-order valence-electron chi connectivity index (χ0n) is 10.9. The van der Waals surface area contributed by atoms with Crippen LogP contribution in [-0.2, 0) is 6.42 Å². The van der Waals surface area contributed by atoms with Gasteiger partial charge in [-0.05, 0) is 31.6 Å². The van der Waals surface area contributed by atoms with E-state index in [1.165, 1.54) is 56.3 Å². The molecule has 2 aliphatic heterocycles. The molecule has 3 heterocycles. The molecule has 3 heteroatoms. The number of hydrogen-bond acceptors (Lipinski definition) is 3. The van der Waals surface area contributed by atoms with Crippen LogP contribution in [-0.4, -0.2) is 27.5 Å². The van der Waals surface area contributed by atoms with Crippen LogP contribution in [0.5, 0.6) is 0 Å². The van der Waals surface area contributed by atoms with Crippen molar-refractivity contribution < 1.29 is 0 Å². The quantitative estimate of drug-likeness (QED) is 0.799. The Morgan fingerprint density at radius 3 is 2.94 bits per heavy atom. The van der Waals surface area contributed by atoms with Crippen LogP contribution < -0.4 is 0 Å². The second kappa shape index (κ2) is 4.30. The van der Waals surface area contributed by atoms with Gasteiger partial charge in [-0.25, -0.2) is 9.97 Å². The van der Waals surface area contributed by atoms with E-state index >= 15 is 0 Å². The molecule has 1 aromatic rings. The molecular formula is C15H21N3. The van der Waals surface area contributed by atoms with E-state index < -0.39 is 0 Å². The van der Waals surface area contributed by atoms with E-state index in [4.69, 9.17) is 0 Å². The molecule has 2 unspecified atom stereocenters. The van der Waals surface area contributed by atoms with Gasteiger partial charge in [-0.1, -0.05) is 12.8 Å². The average molecular weight is 243 g/mol. The third kappa shape index (κ3) is 1.68. The third-order valence-electron chi connectivity index (χ3n) is 5.20. The minimum absolute atomic E-state index is 0.626. The number of nitrogens with zero attached hydrogens (tertiary/aromatic N) is 3. The Kier molecular flexibility index (Phi) is 2.61. The molecule has 3 nitrogen and oxygen atoms in total. The molecule has 0 spiro atoms. The van der Waals surface area contributed by atoms with Gasteiger partial charge in [-0.3, -0.25) is 4.90 Å². The highest BCUT2D eigenvalue weighted by Gasteiger charge is 2.41. The fraction of sp³-hybridized carbons (Fsp3) is 0.733. The van der Waals surface area contributed by atoms with E-state index in [0.717, 1.165) is 18.4 Å². The molecule has 0 amide bonds. The summed E-state index contributed by atoms with van der Waals surface area (Å²) in [6.07, 6.45) is 13.4. The first kappa shape index (κ1) is 10.9. The Morgan fingerprint density at radius 2 is 2.06 bits per heavy atom. The third-order valence-corrected chi connectivity index (χ3v) is 5.20. The summed E-state index contributed by atoms with van der Waals surface area (Å²) in [7, 11) is 0. The highest BCUT2D eigenvalue weighted by Crippen LogP contribution is 2.44. The summed E-state index contributed by atoms with van der Waals surface area (Å²) < 4.78 is 0. The monoisotopic (exact) mass is 243 g/mol. The van der Waals surface area contributed by atoms with Gasteiger partial charge in [0.1, 0.15) is 6.33 Å². The van der Waals surface area contributed by atoms with Crippen molar-refractivity contribution >= 4 is 0 Å². The van der Waals surface area contributed by atoms with Crippen molar-refractivity contribution in [2.24, 2.45) is 5.92 Å². The van der Waals surface area contributed by atoms with Crippen LogP contribution >= 0.6 is 0 Å². The van der Waals surface area contributed by atoms with Crippen molar-refractivity contribution in [3.63, 3.8) is 0 Å². The van der Waals surface area contributed by atoms with Crippen molar-refractivity contribution in [1.29, 1.82) is 0 Å². The molecule has 1 aromatic heterocycles. The largest absolute Gasteiger partial charge is 0.293 e. The van der Waals surface area contributed by atoms with Crippen molar-refractivity contribution in [3.8, 4) is 0 Å². The first-order valence-electron chi connectivity index (χ1n) is 7.46. The lowest BCUT2D eigenvalue weighted by molar-refractivity contribution is 0.147. The molecule has 96 valence electrons. The van der Waals surface area contributed by atoms with Crippen molar-refractivity contribution in [2.45, 2.75) is 57.0 Å². The van der Waals surface area contributed by atoms with Crippen LogP contribution in [0.1, 0.15) is 55.8 Å². The van der Waals surface area contributed by atoms with Crippen LogP contribution in [0, 0.1) is 5.92 Å². The molecule has 18 heavy (non-hydrogen) atoms. The highest BCUT2D eigenvalue weighted by atomic mass is 15.2. The van der Waals surface area contributed by atoms with E-state index in [1.807, 2.05) is 0 Å². The average Bonchev–Trinajstić information content (AvgIpc) is 2.99. The zero-order valence-corrected chi connectivity index (χ0v) is 10.9. The molecule has 0 N–H and O–H groups in total. The normalized spacial score (nSPS) is 31.8. The van der Waals surface area contributed by atoms with Gasteiger partial charge in [0.15, 0.2) is 0 Å². The lowest BCUT2D eigenvalue weighted by atomic mass is 9.97. The Balaban J connectivity index is 1.59. The predicted molar refractivity (Wildman–Crippen MR) is 70.2 cm³/mol. The van der Waals surface area contributed by atoms with Gasteiger partial charge in [0.05, 0.1) is 5.69 Å². The van der Waals surface area contributed by atoms with E-state index in [-0.39, 0.29) is 0 Å². The van der Waals surface area contributed by atoms with Gasteiger partial charge < -0.3 is 0 Å². The van der Waals surface area contributed by atoms with Crippen LogP contribution in [0.25, 0.3) is 0 Å². The summed E-state index contributed by atoms with van der Waals surface area (Å²) in [5.41, 5.74) is 2.74. The van der Waals surface area contributed by atoms with Crippen LogP contribution in [0.2, 0.25) is 0 Å². The maximum Gasteiger partial charge on any atom is 0.115 e. The SMILES string of the molecule is c1ncc2c(n1)CC1CCC2N1CC1CCCC1. The van der Waals surface area contributed by atoms with E-state index in [1.54, 1.807) is 6.33 Å². The van der Waals surface area contributed by atoms with Crippen molar-refractivity contribution in [1.82, 2.24) is 14.9 Å². The summed E-state index contributed by atoms with van der Waals surface area (Å²) in [6.45, 7) is 1.32. The van der Waals surface area contributed by atoms with Crippen molar-refractivity contribution in [2.75, 3.05) is 6.54 Å². The molecule has 1 aliphatic carbocycles. The topological polar surface area (TPSA) is 29.0 Å². The Labute approximate surface area is 109 Å². The second-order valence-corrected chi connectivity index (χ2v) is 6.22. The summed E-state index contributed by atoms with van der Waals surface area (Å²) in [5.74, 6) is 0.958. The minimum Gasteiger partial charge on any atom is -0.293 e. The predicted octanol–water partition coefficient (Wildman–Crippen LogP) is 2.73. The van der Waals surface area contributed by atoms with Crippen LogP contribution in [0.3, 0.4) is 0 Å². The second-order valence-electron chi connectivity index (χ2n) is 6.22. The fourth-order valence-corrected chi connectivity index (χ4v) is 4.30. The summed E-state index contributed by atoms with van der Waals surface area (Å²) in [6, 6.07) is 1.39. The molecule has 2 fully saturated rings.